The zero-order chi connectivity index (χ0) is 18.5. The number of carbonyl (C=O) groups excluding carboxylic acids is 1. The zero-order valence-electron chi connectivity index (χ0n) is 13.5. The number of benzene rings is 3. The summed E-state index contributed by atoms with van der Waals surface area (Å²) in [5.41, 5.74) is 9.19. The number of carbonyl (C=O) groups is 1. The predicted molar refractivity (Wildman–Crippen MR) is 96.5 cm³/mol. The Hall–Kier alpha value is -3.48. The van der Waals surface area contributed by atoms with Gasteiger partial charge < -0.3 is 10.5 Å². The lowest BCUT2D eigenvalue weighted by Gasteiger charge is -2.10. The van der Waals surface area contributed by atoms with Crippen molar-refractivity contribution in [3.63, 3.8) is 0 Å². The van der Waals surface area contributed by atoms with E-state index in [-0.39, 0.29) is 5.75 Å². The third-order valence-electron chi connectivity index (χ3n) is 3.68. The Labute approximate surface area is 148 Å². The second-order valence-electron chi connectivity index (χ2n) is 5.40. The summed E-state index contributed by atoms with van der Waals surface area (Å²) in [4.78, 5) is 12.1. The molecule has 0 atom stereocenters. The molecule has 0 radical (unpaired) electrons. The number of nitrogens with zero attached hydrogens (tertiary/aromatic N) is 1. The van der Waals surface area contributed by atoms with Gasteiger partial charge in [0.2, 0.25) is 0 Å². The highest BCUT2D eigenvalue weighted by atomic mass is 19.3. The number of anilines is 1. The summed E-state index contributed by atoms with van der Waals surface area (Å²) in [6.07, 6.45) is 1.29. The smallest absolute Gasteiger partial charge is 0.387 e. The number of hydrazone groups is 1. The SMILES string of the molecule is Nc1ccc(C(=O)N/N=C\c2c(OC(F)F)ccc3ccccc23)cc1. The van der Waals surface area contributed by atoms with Gasteiger partial charge in [0.1, 0.15) is 5.75 Å². The molecule has 0 unspecified atom stereocenters. The number of alkyl halides is 2. The molecule has 132 valence electrons. The van der Waals surface area contributed by atoms with Crippen LogP contribution in [0, 0.1) is 0 Å². The van der Waals surface area contributed by atoms with E-state index in [0.717, 1.165) is 5.39 Å². The van der Waals surface area contributed by atoms with Crippen LogP contribution in [0.2, 0.25) is 0 Å². The predicted octanol–water partition coefficient (Wildman–Crippen LogP) is 3.79. The number of nitrogen functional groups attached to an aromatic ring is 1. The fraction of sp³-hybridized carbons (Fsp3) is 0.0526. The molecular weight excluding hydrogens is 340 g/mol. The molecule has 0 saturated heterocycles. The molecule has 0 heterocycles. The fourth-order valence-corrected chi connectivity index (χ4v) is 2.46. The monoisotopic (exact) mass is 355 g/mol. The van der Waals surface area contributed by atoms with Gasteiger partial charge in [-0.1, -0.05) is 30.3 Å². The fourth-order valence-electron chi connectivity index (χ4n) is 2.46. The number of amides is 1. The van der Waals surface area contributed by atoms with Crippen molar-refractivity contribution in [2.75, 3.05) is 5.73 Å². The highest BCUT2D eigenvalue weighted by Gasteiger charge is 2.12. The van der Waals surface area contributed by atoms with Crippen LogP contribution < -0.4 is 15.9 Å². The van der Waals surface area contributed by atoms with E-state index >= 15 is 0 Å². The average Bonchev–Trinajstić information content (AvgIpc) is 2.63. The molecule has 3 N–H and O–H groups in total. The van der Waals surface area contributed by atoms with E-state index in [0.29, 0.717) is 22.2 Å². The number of hydrogen-bond acceptors (Lipinski definition) is 4. The molecule has 26 heavy (non-hydrogen) atoms. The number of ether oxygens (including phenoxy) is 1. The molecule has 0 aromatic heterocycles. The number of fused-ring (bicyclic) bond motifs is 1. The Morgan fingerprint density at radius 2 is 1.81 bits per heavy atom. The quantitative estimate of drug-likeness (QED) is 0.415. The van der Waals surface area contributed by atoms with Gasteiger partial charge in [-0.3, -0.25) is 4.79 Å². The molecule has 0 bridgehead atoms. The van der Waals surface area contributed by atoms with Gasteiger partial charge in [-0.2, -0.15) is 13.9 Å². The van der Waals surface area contributed by atoms with E-state index in [1.54, 1.807) is 42.5 Å². The molecule has 3 aromatic rings. The number of halogens is 2. The molecule has 0 aliphatic heterocycles. The summed E-state index contributed by atoms with van der Waals surface area (Å²) in [5.74, 6) is -0.470. The van der Waals surface area contributed by atoms with Crippen LogP contribution in [-0.2, 0) is 0 Å². The van der Waals surface area contributed by atoms with Crippen molar-refractivity contribution in [1.82, 2.24) is 5.43 Å². The lowest BCUT2D eigenvalue weighted by molar-refractivity contribution is -0.0498. The molecule has 0 aliphatic carbocycles. The number of nitrogens with two attached hydrogens (primary N) is 1. The maximum atomic E-state index is 12.7. The minimum absolute atomic E-state index is 0.0239. The molecule has 0 fully saturated rings. The molecule has 3 rings (SSSR count). The van der Waals surface area contributed by atoms with E-state index < -0.39 is 12.5 Å². The van der Waals surface area contributed by atoms with Crippen LogP contribution in [-0.4, -0.2) is 18.7 Å². The number of nitrogens with one attached hydrogen (secondary N) is 1. The molecule has 0 saturated carbocycles. The highest BCUT2D eigenvalue weighted by molar-refractivity contribution is 6.03. The highest BCUT2D eigenvalue weighted by Crippen LogP contribution is 2.27. The average molecular weight is 355 g/mol. The van der Waals surface area contributed by atoms with Gasteiger partial charge in [0.05, 0.1) is 6.21 Å². The first kappa shape index (κ1) is 17.3. The summed E-state index contributed by atoms with van der Waals surface area (Å²) in [6.45, 7) is -2.97. The topological polar surface area (TPSA) is 76.7 Å². The first-order chi connectivity index (χ1) is 12.5. The van der Waals surface area contributed by atoms with Gasteiger partial charge in [0.15, 0.2) is 0 Å². The Bertz CT molecular complexity index is 957. The molecular formula is C19H15F2N3O2. The Balaban J connectivity index is 1.87. The first-order valence-electron chi connectivity index (χ1n) is 7.70. The maximum absolute atomic E-state index is 12.7. The Kier molecular flexibility index (Phi) is 5.07. The van der Waals surface area contributed by atoms with Gasteiger partial charge in [-0.25, -0.2) is 5.43 Å². The zero-order valence-corrected chi connectivity index (χ0v) is 13.5. The van der Waals surface area contributed by atoms with E-state index in [1.165, 1.54) is 12.3 Å². The molecule has 0 spiro atoms. The number of hydrogen-bond donors (Lipinski definition) is 2. The number of rotatable bonds is 5. The van der Waals surface area contributed by atoms with Crippen LogP contribution in [0.3, 0.4) is 0 Å². The van der Waals surface area contributed by atoms with Crippen molar-refractivity contribution in [1.29, 1.82) is 0 Å². The van der Waals surface area contributed by atoms with Gasteiger partial charge in [-0.05, 0) is 41.1 Å². The van der Waals surface area contributed by atoms with E-state index in [2.05, 4.69) is 15.3 Å². The Morgan fingerprint density at radius 3 is 2.54 bits per heavy atom. The summed E-state index contributed by atoms with van der Waals surface area (Å²) < 4.78 is 29.9. The van der Waals surface area contributed by atoms with E-state index in [9.17, 15) is 13.6 Å². The van der Waals surface area contributed by atoms with Crippen molar-refractivity contribution in [2.24, 2.45) is 5.10 Å². The van der Waals surface area contributed by atoms with E-state index in [1.807, 2.05) is 12.1 Å². The molecule has 5 nitrogen and oxygen atoms in total. The maximum Gasteiger partial charge on any atom is 0.387 e. The van der Waals surface area contributed by atoms with Gasteiger partial charge in [-0.15, -0.1) is 0 Å². The third-order valence-corrected chi connectivity index (χ3v) is 3.68. The lowest BCUT2D eigenvalue weighted by Crippen LogP contribution is -2.17. The molecule has 1 amide bonds. The minimum atomic E-state index is -2.97. The molecule has 3 aromatic carbocycles. The van der Waals surface area contributed by atoms with Gasteiger partial charge in [0, 0.05) is 16.8 Å². The van der Waals surface area contributed by atoms with Crippen molar-refractivity contribution >= 4 is 28.6 Å². The van der Waals surface area contributed by atoms with Crippen molar-refractivity contribution < 1.29 is 18.3 Å². The van der Waals surface area contributed by atoms with Crippen LogP contribution in [0.15, 0.2) is 65.8 Å². The largest absolute Gasteiger partial charge is 0.434 e. The minimum Gasteiger partial charge on any atom is -0.434 e. The van der Waals surface area contributed by atoms with Crippen LogP contribution in [0.4, 0.5) is 14.5 Å². The van der Waals surface area contributed by atoms with E-state index in [4.69, 9.17) is 5.73 Å². The summed E-state index contributed by atoms with van der Waals surface area (Å²) in [6, 6.07) is 16.6. The summed E-state index contributed by atoms with van der Waals surface area (Å²) in [7, 11) is 0. The van der Waals surface area contributed by atoms with Gasteiger partial charge >= 0.3 is 6.61 Å². The first-order valence-corrected chi connectivity index (χ1v) is 7.70. The second-order valence-corrected chi connectivity index (χ2v) is 5.40. The summed E-state index contributed by atoms with van der Waals surface area (Å²) >= 11 is 0. The van der Waals surface area contributed by atoms with Crippen LogP contribution in [0.25, 0.3) is 10.8 Å². The van der Waals surface area contributed by atoms with Crippen molar-refractivity contribution in [3.05, 3.63) is 71.8 Å². The van der Waals surface area contributed by atoms with Crippen LogP contribution in [0.5, 0.6) is 5.75 Å². The van der Waals surface area contributed by atoms with Crippen LogP contribution >= 0.6 is 0 Å². The lowest BCUT2D eigenvalue weighted by atomic mass is 10.0. The van der Waals surface area contributed by atoms with Crippen LogP contribution in [0.1, 0.15) is 15.9 Å². The van der Waals surface area contributed by atoms with Gasteiger partial charge in [0.25, 0.3) is 5.91 Å². The Morgan fingerprint density at radius 1 is 1.08 bits per heavy atom. The summed E-state index contributed by atoms with van der Waals surface area (Å²) in [5, 5.41) is 5.39. The molecule has 7 heteroatoms. The standard InChI is InChI=1S/C19H15F2N3O2/c20-19(21)26-17-10-7-12-3-1-2-4-15(12)16(17)11-23-24-18(25)13-5-8-14(22)9-6-13/h1-11,19H,22H2,(H,24,25)/b23-11-. The van der Waals surface area contributed by atoms with Crippen molar-refractivity contribution in [2.45, 2.75) is 6.61 Å². The van der Waals surface area contributed by atoms with Crippen molar-refractivity contribution in [3.8, 4) is 5.75 Å². The molecule has 0 aliphatic rings. The normalized spacial score (nSPS) is 11.2. The second kappa shape index (κ2) is 7.60. The third kappa shape index (κ3) is 3.94.